The molecule has 1 aromatic carbocycles. The molecular weight excluding hydrogens is 347 g/mol. The van der Waals surface area contributed by atoms with Crippen molar-refractivity contribution >= 4 is 18.2 Å². The molecule has 2 aliphatic carbocycles. The number of carbonyl (C=O) groups is 1. The monoisotopic (exact) mass is 372 g/mol. The third kappa shape index (κ3) is 2.89. The van der Waals surface area contributed by atoms with Gasteiger partial charge in [-0.15, -0.1) is 0 Å². The Labute approximate surface area is 165 Å². The van der Waals surface area contributed by atoms with E-state index in [1.54, 1.807) is 0 Å². The van der Waals surface area contributed by atoms with E-state index in [1.165, 1.54) is 5.56 Å². The van der Waals surface area contributed by atoms with Crippen LogP contribution in [0.15, 0.2) is 36.4 Å². The summed E-state index contributed by atoms with van der Waals surface area (Å²) in [6, 6.07) is 8.92. The molecule has 0 saturated heterocycles. The average Bonchev–Trinajstić information content (AvgIpc) is 3.59. The number of hydrogen-bond donors (Lipinski definition) is 2. The minimum atomic E-state index is -0.0179. The number of fused-ring (bicyclic) bond motifs is 1. The second-order valence-corrected chi connectivity index (χ2v) is 8.60. The Morgan fingerprint density at radius 2 is 1.96 bits per heavy atom. The van der Waals surface area contributed by atoms with E-state index in [1.807, 2.05) is 13.8 Å². The Balaban J connectivity index is 1.52. The van der Waals surface area contributed by atoms with Crippen molar-refractivity contribution in [2.24, 2.45) is 0 Å². The van der Waals surface area contributed by atoms with Crippen molar-refractivity contribution in [2.45, 2.75) is 51.0 Å². The number of aryl methyl sites for hydroxylation is 2. The van der Waals surface area contributed by atoms with Crippen LogP contribution >= 0.6 is 0 Å². The van der Waals surface area contributed by atoms with Gasteiger partial charge in [0.15, 0.2) is 0 Å². The fourth-order valence-electron chi connectivity index (χ4n) is 4.32. The van der Waals surface area contributed by atoms with Crippen LogP contribution in [-0.2, 0) is 5.41 Å². The molecule has 0 radical (unpaired) electrons. The van der Waals surface area contributed by atoms with Crippen LogP contribution in [0, 0.1) is 13.8 Å². The zero-order valence-electron chi connectivity index (χ0n) is 16.5. The minimum absolute atomic E-state index is 0.0179. The number of aliphatic hydroxyl groups excluding tert-OH is 1. The molecule has 1 amide bonds. The molecule has 2 saturated carbocycles. The van der Waals surface area contributed by atoms with E-state index >= 15 is 0 Å². The van der Waals surface area contributed by atoms with Crippen molar-refractivity contribution in [3.8, 4) is 11.3 Å². The molecular formula is C23H25BN2O2. The van der Waals surface area contributed by atoms with Crippen LogP contribution in [-0.4, -0.2) is 35.0 Å². The van der Waals surface area contributed by atoms with Gasteiger partial charge in [0.1, 0.15) is 0 Å². The van der Waals surface area contributed by atoms with Gasteiger partial charge < -0.3 is 0 Å². The summed E-state index contributed by atoms with van der Waals surface area (Å²) >= 11 is 0. The summed E-state index contributed by atoms with van der Waals surface area (Å²) in [5, 5.41) is 12.8. The topological polar surface area (TPSA) is 53.7 Å². The van der Waals surface area contributed by atoms with Gasteiger partial charge in [0.2, 0.25) is 0 Å². The third-order valence-electron chi connectivity index (χ3n) is 6.39. The molecule has 5 rings (SSSR count). The second kappa shape index (κ2) is 6.31. The molecule has 5 heteroatoms. The van der Waals surface area contributed by atoms with Gasteiger partial charge in [0, 0.05) is 0 Å². The molecule has 2 aromatic heterocycles. The van der Waals surface area contributed by atoms with Gasteiger partial charge >= 0.3 is 165 Å². The van der Waals surface area contributed by atoms with Crippen molar-refractivity contribution in [2.75, 3.05) is 6.61 Å². The maximum atomic E-state index is 12.6. The van der Waals surface area contributed by atoms with E-state index in [9.17, 15) is 9.90 Å². The Kier molecular flexibility index (Phi) is 3.99. The van der Waals surface area contributed by atoms with Gasteiger partial charge in [-0.05, 0) is 0 Å². The normalized spacial score (nSPS) is 17.5. The van der Waals surface area contributed by atoms with E-state index in [-0.39, 0.29) is 17.9 Å². The van der Waals surface area contributed by atoms with Crippen LogP contribution in [0.2, 0.25) is 0 Å². The first-order valence-electron chi connectivity index (χ1n) is 10.2. The van der Waals surface area contributed by atoms with Crippen molar-refractivity contribution in [1.82, 2.24) is 9.72 Å². The van der Waals surface area contributed by atoms with Crippen molar-refractivity contribution in [3.05, 3.63) is 58.7 Å². The Morgan fingerprint density at radius 3 is 2.57 bits per heavy atom. The molecule has 2 fully saturated rings. The van der Waals surface area contributed by atoms with Crippen molar-refractivity contribution in [3.63, 3.8) is 0 Å². The number of hydrogen-bond acceptors (Lipinski definition) is 2. The number of pyridine rings is 1. The van der Waals surface area contributed by atoms with E-state index in [4.69, 9.17) is 0 Å². The first-order valence-corrected chi connectivity index (χ1v) is 10.2. The zero-order valence-corrected chi connectivity index (χ0v) is 16.5. The van der Waals surface area contributed by atoms with Crippen LogP contribution in [0.5, 0.6) is 0 Å². The second-order valence-electron chi connectivity index (χ2n) is 8.60. The molecule has 0 atom stereocenters. The Morgan fingerprint density at radius 1 is 1.25 bits per heavy atom. The number of rotatable bonds is 5. The summed E-state index contributed by atoms with van der Waals surface area (Å²) in [6.45, 7) is 6.39. The fourth-order valence-corrected chi connectivity index (χ4v) is 4.32. The van der Waals surface area contributed by atoms with Crippen LogP contribution in [0.1, 0.15) is 52.7 Å². The van der Waals surface area contributed by atoms with Gasteiger partial charge in [-0.25, -0.2) is 0 Å². The molecule has 0 bridgehead atoms. The first-order chi connectivity index (χ1) is 13.5. The summed E-state index contributed by atoms with van der Waals surface area (Å²) in [5.74, 6) is 2.18. The number of nitrogens with one attached hydrogen (secondary N) is 1. The number of nitrogens with zero attached hydrogens (tertiary/aromatic N) is 1. The van der Waals surface area contributed by atoms with Crippen molar-refractivity contribution in [1.29, 1.82) is 0 Å². The summed E-state index contributed by atoms with van der Waals surface area (Å²) in [6.07, 6.45) is 6.43. The Bertz CT molecular complexity index is 1070. The van der Waals surface area contributed by atoms with Crippen molar-refractivity contribution < 1.29 is 9.90 Å². The van der Waals surface area contributed by atoms with E-state index in [0.717, 1.165) is 59.0 Å². The van der Waals surface area contributed by atoms with E-state index in [0.29, 0.717) is 6.04 Å². The summed E-state index contributed by atoms with van der Waals surface area (Å²) in [5.41, 5.74) is 7.41. The maximum absolute atomic E-state index is 12.6. The number of aliphatic hydroxyl groups is 1. The quantitative estimate of drug-likeness (QED) is 0.721. The molecule has 0 aliphatic heterocycles. The number of benzene rings is 1. The summed E-state index contributed by atoms with van der Waals surface area (Å²) in [4.78, 5) is 12.6. The Hall–Kier alpha value is -2.40. The molecule has 2 heterocycles. The number of aromatic nitrogens is 1. The summed E-state index contributed by atoms with van der Waals surface area (Å²) < 4.78 is 2.19. The number of carbonyl (C=O) groups excluding carboxylic acids is 1. The van der Waals surface area contributed by atoms with E-state index in [2.05, 4.69) is 53.1 Å². The van der Waals surface area contributed by atoms with Gasteiger partial charge in [-0.1, -0.05) is 0 Å². The fraction of sp³-hybridized carbons (Fsp3) is 0.391. The SMILES string of the molecule is Cc1cc(-c2cbc3cc(C4(CO)CC4)ccn23)cc(C)c1C(=O)NC1CC1. The standard InChI is InChI=1S/C23H25BN2O2/c1-14-9-16(10-15(2)21(14)22(28)25-18-3-4-18)19-12-24-20-11-17(5-8-26(19)20)23(13-27)6-7-23/h5,8-12,18,27H,3-4,6-7,13H2,1-2H3,(H,25,28). The predicted octanol–water partition coefficient (Wildman–Crippen LogP) is 3.48. The molecule has 28 heavy (non-hydrogen) atoms. The molecule has 3 aromatic rings. The molecule has 0 spiro atoms. The number of amides is 1. The van der Waals surface area contributed by atoms with Gasteiger partial charge in [0.05, 0.1) is 0 Å². The van der Waals surface area contributed by atoms with Crippen LogP contribution in [0.4, 0.5) is 0 Å². The van der Waals surface area contributed by atoms with Crippen LogP contribution in [0.3, 0.4) is 0 Å². The summed E-state index contributed by atoms with van der Waals surface area (Å²) in [7, 11) is 0. The molecule has 2 aliphatic rings. The van der Waals surface area contributed by atoms with Gasteiger partial charge in [-0.3, -0.25) is 0 Å². The van der Waals surface area contributed by atoms with Gasteiger partial charge in [0.25, 0.3) is 0 Å². The van der Waals surface area contributed by atoms with E-state index < -0.39 is 0 Å². The molecule has 4 nitrogen and oxygen atoms in total. The molecule has 142 valence electrons. The van der Waals surface area contributed by atoms with Gasteiger partial charge in [-0.2, -0.15) is 0 Å². The predicted molar refractivity (Wildman–Crippen MR) is 112 cm³/mol. The molecule has 2 N–H and O–H groups in total. The third-order valence-corrected chi connectivity index (χ3v) is 6.39. The van der Waals surface area contributed by atoms with Crippen LogP contribution in [0.25, 0.3) is 16.7 Å². The first kappa shape index (κ1) is 17.7. The zero-order chi connectivity index (χ0) is 19.5. The molecule has 0 unspecified atom stereocenters. The average molecular weight is 372 g/mol. The van der Waals surface area contributed by atoms with Crippen LogP contribution < -0.4 is 5.32 Å².